The van der Waals surface area contributed by atoms with Gasteiger partial charge in [-0.1, -0.05) is 0 Å². The standard InChI is InChI=1S/C8H10N4O4/c13-2-4(14)1-12-3-9-6-5(12)7(15)11-8(16)10-6/h3-4,13-14H,1-2H2,(H2,10,11,15,16)/t4-/m0/s1. The Morgan fingerprint density at radius 3 is 2.88 bits per heavy atom. The number of fused-ring (bicyclic) bond motifs is 1. The van der Waals surface area contributed by atoms with E-state index in [-0.39, 0.29) is 17.7 Å². The van der Waals surface area contributed by atoms with Gasteiger partial charge in [0.25, 0.3) is 5.56 Å². The second-order valence-corrected chi connectivity index (χ2v) is 3.34. The molecule has 8 heteroatoms. The summed E-state index contributed by atoms with van der Waals surface area (Å²) in [7, 11) is 0. The predicted octanol–water partition coefficient (Wildman–Crippen LogP) is -2.23. The van der Waals surface area contributed by atoms with Crippen molar-refractivity contribution in [2.24, 2.45) is 0 Å². The largest absolute Gasteiger partial charge is 0.394 e. The average Bonchev–Trinajstić information content (AvgIpc) is 2.61. The third-order valence-corrected chi connectivity index (χ3v) is 2.13. The number of imidazole rings is 1. The minimum atomic E-state index is -0.983. The maximum absolute atomic E-state index is 11.5. The molecular weight excluding hydrogens is 216 g/mol. The molecule has 86 valence electrons. The van der Waals surface area contributed by atoms with Gasteiger partial charge in [-0.25, -0.2) is 9.78 Å². The molecule has 2 heterocycles. The van der Waals surface area contributed by atoms with Gasteiger partial charge in [-0.2, -0.15) is 0 Å². The molecule has 8 nitrogen and oxygen atoms in total. The van der Waals surface area contributed by atoms with E-state index in [0.717, 1.165) is 0 Å². The van der Waals surface area contributed by atoms with E-state index in [4.69, 9.17) is 5.11 Å². The predicted molar refractivity (Wildman–Crippen MR) is 54.1 cm³/mol. The Kier molecular flexibility index (Phi) is 2.59. The van der Waals surface area contributed by atoms with Crippen molar-refractivity contribution in [1.82, 2.24) is 19.5 Å². The van der Waals surface area contributed by atoms with Crippen LogP contribution in [-0.2, 0) is 6.54 Å². The molecule has 1 atom stereocenters. The summed E-state index contributed by atoms with van der Waals surface area (Å²) in [5.41, 5.74) is -0.905. The fraction of sp³-hybridized carbons (Fsp3) is 0.375. The van der Waals surface area contributed by atoms with Gasteiger partial charge in [-0.05, 0) is 0 Å². The molecule has 2 rings (SSSR count). The van der Waals surface area contributed by atoms with E-state index >= 15 is 0 Å². The van der Waals surface area contributed by atoms with Crippen molar-refractivity contribution < 1.29 is 10.2 Å². The highest BCUT2D eigenvalue weighted by atomic mass is 16.3. The molecule has 16 heavy (non-hydrogen) atoms. The lowest BCUT2D eigenvalue weighted by Crippen LogP contribution is -2.25. The molecule has 0 aliphatic carbocycles. The number of H-pyrrole nitrogens is 2. The second kappa shape index (κ2) is 3.91. The highest BCUT2D eigenvalue weighted by molar-refractivity contribution is 5.68. The zero-order valence-corrected chi connectivity index (χ0v) is 8.17. The van der Waals surface area contributed by atoms with Gasteiger partial charge in [0.2, 0.25) is 0 Å². The van der Waals surface area contributed by atoms with Crippen LogP contribution >= 0.6 is 0 Å². The van der Waals surface area contributed by atoms with Crippen molar-refractivity contribution in [3.05, 3.63) is 27.2 Å². The van der Waals surface area contributed by atoms with Gasteiger partial charge in [-0.15, -0.1) is 0 Å². The quantitative estimate of drug-likeness (QED) is 0.471. The fourth-order valence-corrected chi connectivity index (χ4v) is 1.44. The third kappa shape index (κ3) is 1.75. The van der Waals surface area contributed by atoms with Crippen LogP contribution < -0.4 is 11.2 Å². The molecule has 0 aliphatic rings. The number of hydrogen-bond donors (Lipinski definition) is 4. The molecule has 0 aromatic carbocycles. The Hall–Kier alpha value is -1.93. The maximum atomic E-state index is 11.5. The number of aliphatic hydroxyl groups excluding tert-OH is 2. The number of aromatic amines is 2. The van der Waals surface area contributed by atoms with E-state index in [1.54, 1.807) is 0 Å². The summed E-state index contributed by atoms with van der Waals surface area (Å²) in [5.74, 6) is 0. The minimum absolute atomic E-state index is 0.0299. The molecule has 0 aliphatic heterocycles. The molecular formula is C8H10N4O4. The molecule has 0 amide bonds. The maximum Gasteiger partial charge on any atom is 0.327 e. The number of rotatable bonds is 3. The van der Waals surface area contributed by atoms with Crippen LogP contribution in [0.25, 0.3) is 11.2 Å². The molecule has 2 aromatic rings. The lowest BCUT2D eigenvalue weighted by molar-refractivity contribution is 0.0820. The third-order valence-electron chi connectivity index (χ3n) is 2.13. The smallest absolute Gasteiger partial charge is 0.327 e. The second-order valence-electron chi connectivity index (χ2n) is 3.34. The summed E-state index contributed by atoms with van der Waals surface area (Å²) >= 11 is 0. The van der Waals surface area contributed by atoms with Gasteiger partial charge in [0, 0.05) is 0 Å². The number of hydrogen-bond acceptors (Lipinski definition) is 5. The van der Waals surface area contributed by atoms with E-state index in [1.807, 2.05) is 0 Å². The molecule has 4 N–H and O–H groups in total. The van der Waals surface area contributed by atoms with Crippen LogP contribution in [0.5, 0.6) is 0 Å². The highest BCUT2D eigenvalue weighted by Gasteiger charge is 2.11. The van der Waals surface area contributed by atoms with E-state index in [0.29, 0.717) is 0 Å². The van der Waals surface area contributed by atoms with Gasteiger partial charge >= 0.3 is 5.69 Å². The number of nitrogens with one attached hydrogen (secondary N) is 2. The zero-order chi connectivity index (χ0) is 11.7. The first-order valence-electron chi connectivity index (χ1n) is 4.58. The first-order valence-corrected chi connectivity index (χ1v) is 4.58. The molecule has 0 fully saturated rings. The van der Waals surface area contributed by atoms with E-state index in [2.05, 4.69) is 15.0 Å². The van der Waals surface area contributed by atoms with Crippen LogP contribution in [0.15, 0.2) is 15.9 Å². The first-order chi connectivity index (χ1) is 7.61. The monoisotopic (exact) mass is 226 g/mol. The van der Waals surface area contributed by atoms with Crippen LogP contribution in [0.1, 0.15) is 0 Å². The summed E-state index contributed by atoms with van der Waals surface area (Å²) in [4.78, 5) is 30.6. The Balaban J connectivity index is 2.56. The van der Waals surface area contributed by atoms with Crippen molar-refractivity contribution >= 4 is 11.2 Å². The van der Waals surface area contributed by atoms with Gasteiger partial charge in [0.15, 0.2) is 11.2 Å². The Morgan fingerprint density at radius 2 is 2.19 bits per heavy atom. The summed E-state index contributed by atoms with van der Waals surface area (Å²) in [6.07, 6.45) is 0.332. The Bertz CT molecular complexity index is 610. The fourth-order valence-electron chi connectivity index (χ4n) is 1.44. The van der Waals surface area contributed by atoms with E-state index in [1.165, 1.54) is 10.9 Å². The van der Waals surface area contributed by atoms with Crippen molar-refractivity contribution in [3.8, 4) is 0 Å². The summed E-state index contributed by atoms with van der Waals surface area (Å²) in [5, 5.41) is 17.9. The normalized spacial score (nSPS) is 13.1. The van der Waals surface area contributed by atoms with Crippen LogP contribution in [0, 0.1) is 0 Å². The van der Waals surface area contributed by atoms with Crippen LogP contribution in [0.4, 0.5) is 0 Å². The molecule has 0 saturated carbocycles. The molecule has 0 saturated heterocycles. The van der Waals surface area contributed by atoms with Crippen molar-refractivity contribution in [1.29, 1.82) is 0 Å². The van der Waals surface area contributed by atoms with Gasteiger partial charge in [0.1, 0.15) is 0 Å². The summed E-state index contributed by atoms with van der Waals surface area (Å²) < 4.78 is 1.37. The number of aromatic nitrogens is 4. The Morgan fingerprint density at radius 1 is 1.44 bits per heavy atom. The Labute approximate surface area is 88.2 Å². The lowest BCUT2D eigenvalue weighted by Gasteiger charge is -2.07. The molecule has 0 radical (unpaired) electrons. The van der Waals surface area contributed by atoms with E-state index in [9.17, 15) is 14.7 Å². The summed E-state index contributed by atoms with van der Waals surface area (Å²) in [6, 6.07) is 0. The number of nitrogens with zero attached hydrogens (tertiary/aromatic N) is 2. The lowest BCUT2D eigenvalue weighted by atomic mass is 10.3. The topological polar surface area (TPSA) is 124 Å². The highest BCUT2D eigenvalue weighted by Crippen LogP contribution is 2.03. The zero-order valence-electron chi connectivity index (χ0n) is 8.17. The average molecular weight is 226 g/mol. The van der Waals surface area contributed by atoms with Crippen LogP contribution in [0.2, 0.25) is 0 Å². The minimum Gasteiger partial charge on any atom is -0.394 e. The van der Waals surface area contributed by atoms with Crippen LogP contribution in [0.3, 0.4) is 0 Å². The van der Waals surface area contributed by atoms with Crippen molar-refractivity contribution in [2.75, 3.05) is 6.61 Å². The van der Waals surface area contributed by atoms with Crippen molar-refractivity contribution in [3.63, 3.8) is 0 Å². The molecule has 0 spiro atoms. The first kappa shape index (κ1) is 10.6. The molecule has 0 unspecified atom stereocenters. The van der Waals surface area contributed by atoms with Crippen LogP contribution in [-0.4, -0.2) is 42.4 Å². The van der Waals surface area contributed by atoms with Gasteiger partial charge in [-0.3, -0.25) is 14.8 Å². The van der Waals surface area contributed by atoms with Crippen molar-refractivity contribution in [2.45, 2.75) is 12.6 Å². The molecule has 2 aromatic heterocycles. The number of aliphatic hydroxyl groups is 2. The van der Waals surface area contributed by atoms with E-state index < -0.39 is 24.0 Å². The summed E-state index contributed by atoms with van der Waals surface area (Å²) in [6.45, 7) is -0.386. The van der Waals surface area contributed by atoms with Gasteiger partial charge < -0.3 is 14.8 Å². The SMILES string of the molecule is O=c1[nH]c(=O)c2c(ncn2C[C@H](O)CO)[nH]1. The molecule has 0 bridgehead atoms. The van der Waals surface area contributed by atoms with Gasteiger partial charge in [0.05, 0.1) is 25.6 Å².